The van der Waals surface area contributed by atoms with E-state index in [1.807, 2.05) is 12.1 Å². The van der Waals surface area contributed by atoms with Gasteiger partial charge in [0, 0.05) is 6.04 Å². The van der Waals surface area contributed by atoms with Crippen LogP contribution in [-0.2, 0) is 16.3 Å². The Labute approximate surface area is 122 Å². The molecule has 1 aromatic carbocycles. The fourth-order valence-corrected chi connectivity index (χ4v) is 4.54. The van der Waals surface area contributed by atoms with Crippen LogP contribution < -0.4 is 0 Å². The topological polar surface area (TPSA) is 37.4 Å². The summed E-state index contributed by atoms with van der Waals surface area (Å²) in [5, 5.41) is -0.218. The maximum absolute atomic E-state index is 12.6. The van der Waals surface area contributed by atoms with E-state index in [1.165, 1.54) is 5.56 Å². The molecule has 4 heteroatoms. The van der Waals surface area contributed by atoms with Gasteiger partial charge in [0.25, 0.3) is 0 Å². The summed E-state index contributed by atoms with van der Waals surface area (Å²) in [4.78, 5) is 2.84. The minimum Gasteiger partial charge on any atom is -0.301 e. The molecule has 0 aromatic heterocycles. The van der Waals surface area contributed by atoms with Gasteiger partial charge in [-0.1, -0.05) is 19.1 Å². The van der Waals surface area contributed by atoms with Crippen LogP contribution in [-0.4, -0.2) is 37.7 Å². The minimum atomic E-state index is -3.16. The summed E-state index contributed by atoms with van der Waals surface area (Å²) in [5.74, 6) is 0. The van der Waals surface area contributed by atoms with Gasteiger partial charge in [-0.3, -0.25) is 0 Å². The molecule has 2 rings (SSSR count). The van der Waals surface area contributed by atoms with Crippen molar-refractivity contribution >= 4 is 9.84 Å². The molecule has 1 fully saturated rings. The second kappa shape index (κ2) is 6.27. The lowest BCUT2D eigenvalue weighted by Gasteiger charge is -2.34. The molecular weight excluding hydrogens is 270 g/mol. The lowest BCUT2D eigenvalue weighted by atomic mass is 10.1. The molecule has 0 saturated carbocycles. The Balaban J connectivity index is 2.11. The molecule has 0 bridgehead atoms. The van der Waals surface area contributed by atoms with Gasteiger partial charge in [-0.25, -0.2) is 8.42 Å². The zero-order chi connectivity index (χ0) is 14.8. The van der Waals surface area contributed by atoms with E-state index in [4.69, 9.17) is 0 Å². The van der Waals surface area contributed by atoms with Gasteiger partial charge in [-0.15, -0.1) is 0 Å². The summed E-state index contributed by atoms with van der Waals surface area (Å²) in [6, 6.07) is 7.89. The number of likely N-dealkylation sites (tertiary alicyclic amines) is 1. The van der Waals surface area contributed by atoms with Crippen LogP contribution in [0.3, 0.4) is 0 Å². The van der Waals surface area contributed by atoms with E-state index in [1.54, 1.807) is 12.1 Å². The van der Waals surface area contributed by atoms with Gasteiger partial charge < -0.3 is 4.90 Å². The number of hydrogen-bond acceptors (Lipinski definition) is 3. The third-order valence-electron chi connectivity index (χ3n) is 4.31. The van der Waals surface area contributed by atoms with Crippen molar-refractivity contribution in [1.82, 2.24) is 4.90 Å². The summed E-state index contributed by atoms with van der Waals surface area (Å²) in [6.07, 6.45) is 2.43. The standard InChI is InChI=1S/C16H25NO2S/c1-4-14-5-7-15(8-6-14)20(18,19)16-9-11-17(12-10-16)13(2)3/h5-8,13,16H,4,9-12H2,1-3H3. The van der Waals surface area contributed by atoms with Crippen LogP contribution in [0.25, 0.3) is 0 Å². The Hall–Kier alpha value is -0.870. The normalized spacial score (nSPS) is 18.6. The van der Waals surface area contributed by atoms with Crippen molar-refractivity contribution in [3.63, 3.8) is 0 Å². The molecule has 0 spiro atoms. The molecule has 0 aliphatic carbocycles. The first-order valence-corrected chi connectivity index (χ1v) is 9.06. The molecular formula is C16H25NO2S. The first-order valence-electron chi connectivity index (χ1n) is 7.52. The molecule has 3 nitrogen and oxygen atoms in total. The molecule has 1 aromatic rings. The van der Waals surface area contributed by atoms with E-state index in [9.17, 15) is 8.42 Å². The van der Waals surface area contributed by atoms with E-state index in [-0.39, 0.29) is 5.25 Å². The number of aryl methyl sites for hydroxylation is 1. The van der Waals surface area contributed by atoms with Crippen LogP contribution in [0.5, 0.6) is 0 Å². The third-order valence-corrected chi connectivity index (χ3v) is 6.58. The second-order valence-electron chi connectivity index (χ2n) is 5.87. The highest BCUT2D eigenvalue weighted by molar-refractivity contribution is 7.92. The highest BCUT2D eigenvalue weighted by atomic mass is 32.2. The summed E-state index contributed by atoms with van der Waals surface area (Å²) < 4.78 is 25.3. The Morgan fingerprint density at radius 1 is 1.15 bits per heavy atom. The third kappa shape index (κ3) is 3.23. The van der Waals surface area contributed by atoms with Crippen molar-refractivity contribution in [3.05, 3.63) is 29.8 Å². The van der Waals surface area contributed by atoms with Gasteiger partial charge in [-0.2, -0.15) is 0 Å². The number of hydrogen-bond donors (Lipinski definition) is 0. The van der Waals surface area contributed by atoms with Crippen molar-refractivity contribution < 1.29 is 8.42 Å². The Morgan fingerprint density at radius 3 is 2.15 bits per heavy atom. The average Bonchev–Trinajstić information content (AvgIpc) is 2.47. The zero-order valence-corrected chi connectivity index (χ0v) is 13.5. The number of rotatable bonds is 4. The van der Waals surface area contributed by atoms with Crippen molar-refractivity contribution in [2.24, 2.45) is 0 Å². The molecule has 1 saturated heterocycles. The van der Waals surface area contributed by atoms with Crippen LogP contribution >= 0.6 is 0 Å². The highest BCUT2D eigenvalue weighted by Gasteiger charge is 2.31. The van der Waals surface area contributed by atoms with E-state index < -0.39 is 9.84 Å². The Bertz CT molecular complexity index is 526. The smallest absolute Gasteiger partial charge is 0.181 e. The molecule has 0 amide bonds. The number of piperidine rings is 1. The van der Waals surface area contributed by atoms with Crippen LogP contribution in [0, 0.1) is 0 Å². The monoisotopic (exact) mass is 295 g/mol. The molecule has 0 unspecified atom stereocenters. The number of nitrogens with zero attached hydrogens (tertiary/aromatic N) is 1. The molecule has 0 atom stereocenters. The minimum absolute atomic E-state index is 0.218. The first-order chi connectivity index (χ1) is 9.45. The van der Waals surface area contributed by atoms with Crippen LogP contribution in [0.4, 0.5) is 0 Å². The van der Waals surface area contributed by atoms with Gasteiger partial charge >= 0.3 is 0 Å². The van der Waals surface area contributed by atoms with Gasteiger partial charge in [0.05, 0.1) is 10.1 Å². The number of benzene rings is 1. The summed E-state index contributed by atoms with van der Waals surface area (Å²) >= 11 is 0. The van der Waals surface area contributed by atoms with Crippen molar-refractivity contribution in [2.45, 2.75) is 56.2 Å². The lowest BCUT2D eigenvalue weighted by Crippen LogP contribution is -2.42. The molecule has 1 aliphatic heterocycles. The molecule has 20 heavy (non-hydrogen) atoms. The predicted octanol–water partition coefficient (Wildman–Crippen LogP) is 2.90. The number of sulfone groups is 1. The van der Waals surface area contributed by atoms with Crippen LogP contribution in [0.2, 0.25) is 0 Å². The summed E-state index contributed by atoms with van der Waals surface area (Å²) in [6.45, 7) is 8.17. The van der Waals surface area contributed by atoms with Crippen molar-refractivity contribution in [1.29, 1.82) is 0 Å². The quantitative estimate of drug-likeness (QED) is 0.857. The molecule has 0 radical (unpaired) electrons. The van der Waals surface area contributed by atoms with Crippen LogP contribution in [0.1, 0.15) is 39.2 Å². The molecule has 0 N–H and O–H groups in total. The lowest BCUT2D eigenvalue weighted by molar-refractivity contribution is 0.186. The van der Waals surface area contributed by atoms with Gasteiger partial charge in [0.1, 0.15) is 0 Å². The van der Waals surface area contributed by atoms with E-state index in [0.29, 0.717) is 10.9 Å². The van der Waals surface area contributed by atoms with Gasteiger partial charge in [0.15, 0.2) is 9.84 Å². The second-order valence-corrected chi connectivity index (χ2v) is 8.10. The largest absolute Gasteiger partial charge is 0.301 e. The molecule has 1 aliphatic rings. The SMILES string of the molecule is CCc1ccc(S(=O)(=O)C2CCN(C(C)C)CC2)cc1. The zero-order valence-electron chi connectivity index (χ0n) is 12.7. The maximum Gasteiger partial charge on any atom is 0.181 e. The van der Waals surface area contributed by atoms with Gasteiger partial charge in [0.2, 0.25) is 0 Å². The summed E-state index contributed by atoms with van der Waals surface area (Å²) in [5.41, 5.74) is 1.18. The highest BCUT2D eigenvalue weighted by Crippen LogP contribution is 2.25. The van der Waals surface area contributed by atoms with E-state index in [2.05, 4.69) is 25.7 Å². The first kappa shape index (κ1) is 15.5. The fraction of sp³-hybridized carbons (Fsp3) is 0.625. The Kier molecular flexibility index (Phi) is 4.86. The molecule has 1 heterocycles. The van der Waals surface area contributed by atoms with Gasteiger partial charge in [-0.05, 0) is 63.9 Å². The average molecular weight is 295 g/mol. The summed E-state index contributed by atoms with van der Waals surface area (Å²) in [7, 11) is -3.16. The van der Waals surface area contributed by atoms with E-state index >= 15 is 0 Å². The van der Waals surface area contributed by atoms with Crippen LogP contribution in [0.15, 0.2) is 29.2 Å². The van der Waals surface area contributed by atoms with E-state index in [0.717, 1.165) is 32.4 Å². The van der Waals surface area contributed by atoms with Crippen molar-refractivity contribution in [2.75, 3.05) is 13.1 Å². The maximum atomic E-state index is 12.6. The fourth-order valence-electron chi connectivity index (χ4n) is 2.81. The van der Waals surface area contributed by atoms with Crippen molar-refractivity contribution in [3.8, 4) is 0 Å². The Morgan fingerprint density at radius 2 is 1.70 bits per heavy atom. The predicted molar refractivity (Wildman–Crippen MR) is 82.7 cm³/mol. The molecule has 112 valence electrons.